The Labute approximate surface area is 108 Å². The first-order valence-electron chi connectivity index (χ1n) is 6.86. The average molecular weight is 243 g/mol. The molecule has 3 rings (SSSR count). The second kappa shape index (κ2) is 4.75. The van der Waals surface area contributed by atoms with Crippen molar-refractivity contribution in [3.8, 4) is 0 Å². The molecule has 1 heterocycles. The minimum Gasteiger partial charge on any atom is -0.347 e. The predicted octanol–water partition coefficient (Wildman–Crippen LogP) is 2.37. The number of hydrogen-bond donors (Lipinski definition) is 2. The highest BCUT2D eigenvalue weighted by Crippen LogP contribution is 2.26. The highest BCUT2D eigenvalue weighted by molar-refractivity contribution is 5.87. The van der Waals surface area contributed by atoms with Gasteiger partial charge in [0.1, 0.15) is 0 Å². The maximum Gasteiger partial charge on any atom is 0.0486 e. The number of rotatable bonds is 5. The van der Waals surface area contributed by atoms with Crippen molar-refractivity contribution in [1.29, 1.82) is 0 Å². The molecule has 3 N–H and O–H groups in total. The van der Waals surface area contributed by atoms with E-state index in [1.807, 2.05) is 0 Å². The van der Waals surface area contributed by atoms with Crippen LogP contribution in [0.15, 0.2) is 24.4 Å². The van der Waals surface area contributed by atoms with E-state index in [1.54, 1.807) is 0 Å². The molecule has 0 unspecified atom stereocenters. The van der Waals surface area contributed by atoms with Crippen LogP contribution in [0.1, 0.15) is 30.9 Å². The quantitative estimate of drug-likeness (QED) is 0.846. The second-order valence-corrected chi connectivity index (χ2v) is 5.11. The molecule has 1 aromatic carbocycles. The van der Waals surface area contributed by atoms with Gasteiger partial charge in [0.15, 0.2) is 0 Å². The Morgan fingerprint density at radius 1 is 1.33 bits per heavy atom. The third-order valence-corrected chi connectivity index (χ3v) is 3.79. The molecule has 0 radical (unpaired) electrons. The van der Waals surface area contributed by atoms with Crippen LogP contribution in [0.4, 0.5) is 0 Å². The third kappa shape index (κ3) is 2.04. The molecule has 96 valence electrons. The minimum atomic E-state index is 0.613. The topological polar surface area (TPSA) is 43.0 Å². The monoisotopic (exact) mass is 243 g/mol. The number of benzene rings is 1. The van der Waals surface area contributed by atoms with Crippen molar-refractivity contribution in [3.05, 3.63) is 35.5 Å². The van der Waals surface area contributed by atoms with E-state index in [0.717, 1.165) is 19.1 Å². The molecular weight excluding hydrogens is 222 g/mol. The third-order valence-electron chi connectivity index (χ3n) is 3.79. The first kappa shape index (κ1) is 11.8. The van der Waals surface area contributed by atoms with Crippen LogP contribution in [0, 0.1) is 0 Å². The van der Waals surface area contributed by atoms with Gasteiger partial charge in [-0.1, -0.05) is 12.1 Å². The zero-order chi connectivity index (χ0) is 12.5. The Bertz CT molecular complexity index is 552. The molecule has 0 atom stereocenters. The van der Waals surface area contributed by atoms with Crippen molar-refractivity contribution >= 4 is 10.9 Å². The summed E-state index contributed by atoms with van der Waals surface area (Å²) in [5.74, 6) is 0. The van der Waals surface area contributed by atoms with Crippen LogP contribution in [0.5, 0.6) is 0 Å². The SMILES string of the molecule is CCn1cc(CNC2CC2)c2c(CN)cccc21. The summed E-state index contributed by atoms with van der Waals surface area (Å²) < 4.78 is 2.32. The Morgan fingerprint density at radius 3 is 2.83 bits per heavy atom. The largest absolute Gasteiger partial charge is 0.347 e. The summed E-state index contributed by atoms with van der Waals surface area (Å²) >= 11 is 0. The molecule has 0 amide bonds. The van der Waals surface area contributed by atoms with Crippen LogP contribution >= 0.6 is 0 Å². The summed E-state index contributed by atoms with van der Waals surface area (Å²) in [6, 6.07) is 7.19. The maximum absolute atomic E-state index is 5.87. The molecule has 1 aliphatic rings. The van der Waals surface area contributed by atoms with Crippen LogP contribution in [-0.2, 0) is 19.6 Å². The number of nitrogens with one attached hydrogen (secondary N) is 1. The van der Waals surface area contributed by atoms with E-state index in [2.05, 4.69) is 41.2 Å². The van der Waals surface area contributed by atoms with Gasteiger partial charge in [-0.25, -0.2) is 0 Å². The summed E-state index contributed by atoms with van der Waals surface area (Å²) in [5.41, 5.74) is 9.83. The molecule has 1 fully saturated rings. The molecule has 1 aliphatic carbocycles. The van der Waals surface area contributed by atoms with Crippen molar-refractivity contribution in [3.63, 3.8) is 0 Å². The molecule has 0 bridgehead atoms. The average Bonchev–Trinajstić information content (AvgIpc) is 3.17. The van der Waals surface area contributed by atoms with Crippen molar-refractivity contribution in [2.24, 2.45) is 5.73 Å². The normalized spacial score (nSPS) is 15.4. The van der Waals surface area contributed by atoms with Gasteiger partial charge in [-0.15, -0.1) is 0 Å². The number of aryl methyl sites for hydroxylation is 1. The van der Waals surface area contributed by atoms with Gasteiger partial charge >= 0.3 is 0 Å². The van der Waals surface area contributed by atoms with Gasteiger partial charge in [-0.05, 0) is 37.0 Å². The number of nitrogens with zero attached hydrogens (tertiary/aromatic N) is 1. The molecule has 3 heteroatoms. The Hall–Kier alpha value is -1.32. The molecule has 3 nitrogen and oxygen atoms in total. The Kier molecular flexibility index (Phi) is 3.10. The highest BCUT2D eigenvalue weighted by atomic mass is 15.0. The maximum atomic E-state index is 5.87. The number of aromatic nitrogens is 1. The summed E-state index contributed by atoms with van der Waals surface area (Å²) in [4.78, 5) is 0. The fourth-order valence-electron chi connectivity index (χ4n) is 2.63. The first-order valence-corrected chi connectivity index (χ1v) is 6.86. The first-order chi connectivity index (χ1) is 8.83. The molecule has 0 spiro atoms. The molecule has 18 heavy (non-hydrogen) atoms. The van der Waals surface area contributed by atoms with E-state index in [4.69, 9.17) is 5.73 Å². The lowest BCUT2D eigenvalue weighted by molar-refractivity contribution is 0.685. The van der Waals surface area contributed by atoms with Gasteiger partial charge in [0, 0.05) is 42.8 Å². The fraction of sp³-hybridized carbons (Fsp3) is 0.467. The summed E-state index contributed by atoms with van der Waals surface area (Å²) in [6.07, 6.45) is 4.94. The standard InChI is InChI=1S/C15H21N3/c1-2-18-10-12(9-17-13-6-7-13)15-11(8-16)4-3-5-14(15)18/h3-5,10,13,17H,2,6-9,16H2,1H3. The lowest BCUT2D eigenvalue weighted by atomic mass is 10.1. The van der Waals surface area contributed by atoms with Crippen molar-refractivity contribution in [2.75, 3.05) is 0 Å². The van der Waals surface area contributed by atoms with Crippen molar-refractivity contribution < 1.29 is 0 Å². The van der Waals surface area contributed by atoms with Gasteiger partial charge in [0.25, 0.3) is 0 Å². The number of nitrogens with two attached hydrogens (primary N) is 1. The second-order valence-electron chi connectivity index (χ2n) is 5.11. The van der Waals surface area contributed by atoms with Crippen LogP contribution in [0.2, 0.25) is 0 Å². The van der Waals surface area contributed by atoms with E-state index >= 15 is 0 Å². The fourth-order valence-corrected chi connectivity index (χ4v) is 2.63. The van der Waals surface area contributed by atoms with Gasteiger partial charge in [0.05, 0.1) is 0 Å². The predicted molar refractivity (Wildman–Crippen MR) is 75.4 cm³/mol. The lowest BCUT2D eigenvalue weighted by Gasteiger charge is -2.05. The number of fused-ring (bicyclic) bond motifs is 1. The van der Waals surface area contributed by atoms with Gasteiger partial charge in [-0.2, -0.15) is 0 Å². The Morgan fingerprint density at radius 2 is 2.17 bits per heavy atom. The number of hydrogen-bond acceptors (Lipinski definition) is 2. The highest BCUT2D eigenvalue weighted by Gasteiger charge is 2.21. The molecular formula is C15H21N3. The van der Waals surface area contributed by atoms with Gasteiger partial charge in [0.2, 0.25) is 0 Å². The lowest BCUT2D eigenvalue weighted by Crippen LogP contribution is -2.15. The minimum absolute atomic E-state index is 0.613. The zero-order valence-corrected chi connectivity index (χ0v) is 10.9. The van der Waals surface area contributed by atoms with Gasteiger partial charge in [-0.3, -0.25) is 0 Å². The van der Waals surface area contributed by atoms with E-state index in [9.17, 15) is 0 Å². The summed E-state index contributed by atoms with van der Waals surface area (Å²) in [6.45, 7) is 4.77. The molecule has 0 saturated heterocycles. The van der Waals surface area contributed by atoms with Crippen molar-refractivity contribution in [2.45, 2.75) is 45.4 Å². The van der Waals surface area contributed by atoms with Crippen LogP contribution in [0.3, 0.4) is 0 Å². The molecule has 0 aliphatic heterocycles. The molecule has 1 saturated carbocycles. The smallest absolute Gasteiger partial charge is 0.0486 e. The zero-order valence-electron chi connectivity index (χ0n) is 10.9. The van der Waals surface area contributed by atoms with Crippen LogP contribution in [-0.4, -0.2) is 10.6 Å². The van der Waals surface area contributed by atoms with E-state index < -0.39 is 0 Å². The van der Waals surface area contributed by atoms with E-state index in [1.165, 1.54) is 34.9 Å². The summed E-state index contributed by atoms with van der Waals surface area (Å²) in [5, 5.41) is 4.96. The van der Waals surface area contributed by atoms with Crippen molar-refractivity contribution in [1.82, 2.24) is 9.88 Å². The van der Waals surface area contributed by atoms with Crippen LogP contribution in [0.25, 0.3) is 10.9 Å². The molecule has 1 aromatic heterocycles. The van der Waals surface area contributed by atoms with Gasteiger partial charge < -0.3 is 15.6 Å². The van der Waals surface area contributed by atoms with Crippen LogP contribution < -0.4 is 11.1 Å². The summed E-state index contributed by atoms with van der Waals surface area (Å²) in [7, 11) is 0. The van der Waals surface area contributed by atoms with E-state index in [0.29, 0.717) is 6.54 Å². The molecule has 2 aromatic rings. The van der Waals surface area contributed by atoms with E-state index in [-0.39, 0.29) is 0 Å². The Balaban J connectivity index is 2.04.